The van der Waals surface area contributed by atoms with Gasteiger partial charge in [-0.3, -0.25) is 4.79 Å². The lowest BCUT2D eigenvalue weighted by Crippen LogP contribution is -2.50. The van der Waals surface area contributed by atoms with Crippen LogP contribution in [0.1, 0.15) is 27.2 Å². The van der Waals surface area contributed by atoms with Crippen LogP contribution in [0.25, 0.3) is 0 Å². The molecule has 5 heteroatoms. The second kappa shape index (κ2) is 7.92. The molecule has 16 heavy (non-hydrogen) atoms. The molecule has 0 aromatic rings. The van der Waals surface area contributed by atoms with Crippen LogP contribution in [-0.4, -0.2) is 41.2 Å². The average Bonchev–Trinajstić information content (AvgIpc) is 2.28. The molecule has 0 radical (unpaired) electrons. The first-order valence-electron chi connectivity index (χ1n) is 5.67. The summed E-state index contributed by atoms with van der Waals surface area (Å²) >= 11 is 1.54. The van der Waals surface area contributed by atoms with Crippen LogP contribution in [0.4, 0.5) is 0 Å². The number of hydrogen-bond donors (Lipinski definition) is 3. The Balaban J connectivity index is 4.22. The fourth-order valence-corrected chi connectivity index (χ4v) is 1.99. The van der Waals surface area contributed by atoms with E-state index >= 15 is 0 Å². The Bertz CT molecular complexity index is 210. The third kappa shape index (κ3) is 4.72. The number of aliphatic hydroxyl groups excluding tert-OH is 1. The average molecular weight is 248 g/mol. The molecule has 4 N–H and O–H groups in total. The van der Waals surface area contributed by atoms with Crippen LogP contribution >= 0.6 is 11.8 Å². The topological polar surface area (TPSA) is 75.4 Å². The van der Waals surface area contributed by atoms with E-state index in [1.165, 1.54) is 0 Å². The largest absolute Gasteiger partial charge is 0.395 e. The lowest BCUT2D eigenvalue weighted by atomic mass is 9.99. The number of nitrogens with one attached hydrogen (secondary N) is 1. The van der Waals surface area contributed by atoms with E-state index in [1.54, 1.807) is 11.8 Å². The number of hydrogen-bond acceptors (Lipinski definition) is 4. The van der Waals surface area contributed by atoms with Gasteiger partial charge in [-0.25, -0.2) is 0 Å². The number of amides is 1. The molecular weight excluding hydrogens is 224 g/mol. The molecule has 4 atom stereocenters. The third-order valence-electron chi connectivity index (χ3n) is 2.97. The number of thioether (sulfide) groups is 1. The van der Waals surface area contributed by atoms with Gasteiger partial charge in [0.2, 0.25) is 5.91 Å². The molecule has 0 aliphatic heterocycles. The zero-order valence-electron chi connectivity index (χ0n) is 10.6. The summed E-state index contributed by atoms with van der Waals surface area (Å²) in [4.78, 5) is 11.8. The fourth-order valence-electron chi connectivity index (χ4n) is 1.36. The minimum absolute atomic E-state index is 0.0214. The van der Waals surface area contributed by atoms with Gasteiger partial charge in [-0.2, -0.15) is 11.8 Å². The molecule has 0 rings (SSSR count). The number of aliphatic hydroxyl groups is 1. The predicted molar refractivity (Wildman–Crippen MR) is 69.4 cm³/mol. The summed E-state index contributed by atoms with van der Waals surface area (Å²) in [6, 6.07) is -0.531. The van der Waals surface area contributed by atoms with Crippen LogP contribution in [0.3, 0.4) is 0 Å². The molecule has 0 aromatic carbocycles. The van der Waals surface area contributed by atoms with E-state index in [4.69, 9.17) is 10.8 Å². The summed E-state index contributed by atoms with van der Waals surface area (Å²) < 4.78 is 0. The van der Waals surface area contributed by atoms with Crippen LogP contribution < -0.4 is 11.1 Å². The van der Waals surface area contributed by atoms with Crippen LogP contribution in [0.15, 0.2) is 0 Å². The van der Waals surface area contributed by atoms with Gasteiger partial charge >= 0.3 is 0 Å². The maximum atomic E-state index is 11.8. The van der Waals surface area contributed by atoms with Crippen molar-refractivity contribution in [3.05, 3.63) is 0 Å². The van der Waals surface area contributed by atoms with Crippen molar-refractivity contribution in [2.45, 2.75) is 44.5 Å². The van der Waals surface area contributed by atoms with Gasteiger partial charge in [0, 0.05) is 11.3 Å². The highest BCUT2D eigenvalue weighted by atomic mass is 32.2. The van der Waals surface area contributed by atoms with Crippen molar-refractivity contribution in [3.63, 3.8) is 0 Å². The Morgan fingerprint density at radius 3 is 2.44 bits per heavy atom. The van der Waals surface area contributed by atoms with Gasteiger partial charge in [0.25, 0.3) is 0 Å². The molecular formula is C11H24N2O2S. The van der Waals surface area contributed by atoms with Crippen LogP contribution in [-0.2, 0) is 4.79 Å². The van der Waals surface area contributed by atoms with E-state index in [2.05, 4.69) is 5.32 Å². The Morgan fingerprint density at radius 1 is 1.50 bits per heavy atom. The predicted octanol–water partition coefficient (Wildman–Crippen LogP) is 0.588. The Labute approximate surface area is 102 Å². The highest BCUT2D eigenvalue weighted by Crippen LogP contribution is 2.11. The molecule has 0 spiro atoms. The molecule has 96 valence electrons. The van der Waals surface area contributed by atoms with E-state index in [0.717, 1.165) is 6.42 Å². The van der Waals surface area contributed by atoms with E-state index < -0.39 is 6.04 Å². The highest BCUT2D eigenvalue weighted by molar-refractivity contribution is 7.99. The first kappa shape index (κ1) is 15.7. The van der Waals surface area contributed by atoms with Gasteiger partial charge in [-0.05, 0) is 19.1 Å². The summed E-state index contributed by atoms with van der Waals surface area (Å²) in [7, 11) is 0. The maximum Gasteiger partial charge on any atom is 0.237 e. The zero-order chi connectivity index (χ0) is 12.7. The van der Waals surface area contributed by atoms with Gasteiger partial charge < -0.3 is 16.2 Å². The van der Waals surface area contributed by atoms with Crippen molar-refractivity contribution in [3.8, 4) is 0 Å². The Kier molecular flexibility index (Phi) is 7.80. The van der Waals surface area contributed by atoms with Crippen molar-refractivity contribution in [1.82, 2.24) is 5.32 Å². The maximum absolute atomic E-state index is 11.8. The molecule has 0 saturated heterocycles. The molecule has 0 fully saturated rings. The van der Waals surface area contributed by atoms with Crippen molar-refractivity contribution in [1.29, 1.82) is 0 Å². The zero-order valence-corrected chi connectivity index (χ0v) is 11.4. The van der Waals surface area contributed by atoms with Crippen LogP contribution in [0.2, 0.25) is 0 Å². The summed E-state index contributed by atoms with van der Waals surface area (Å²) in [5, 5.41) is 12.0. The van der Waals surface area contributed by atoms with Crippen LogP contribution in [0, 0.1) is 5.92 Å². The Hall–Kier alpha value is -0.260. The molecule has 4 nitrogen and oxygen atoms in total. The van der Waals surface area contributed by atoms with Crippen molar-refractivity contribution in [2.75, 3.05) is 12.9 Å². The quantitative estimate of drug-likeness (QED) is 0.616. The number of carbonyl (C=O) groups excluding carboxylic acids is 1. The van der Waals surface area contributed by atoms with Crippen molar-refractivity contribution in [2.24, 2.45) is 11.7 Å². The first-order chi connectivity index (χ1) is 7.47. The van der Waals surface area contributed by atoms with Gasteiger partial charge in [-0.15, -0.1) is 0 Å². The lowest BCUT2D eigenvalue weighted by Gasteiger charge is -2.25. The number of nitrogens with two attached hydrogens (primary N) is 1. The minimum atomic E-state index is -0.464. The fraction of sp³-hybridized carbons (Fsp3) is 0.909. The van der Waals surface area contributed by atoms with Gasteiger partial charge in [0.05, 0.1) is 12.6 Å². The van der Waals surface area contributed by atoms with E-state index in [9.17, 15) is 4.79 Å². The van der Waals surface area contributed by atoms with Gasteiger partial charge in [0.15, 0.2) is 0 Å². The third-order valence-corrected chi connectivity index (χ3v) is 4.13. The Morgan fingerprint density at radius 2 is 2.06 bits per heavy atom. The molecule has 0 aliphatic carbocycles. The second-order valence-electron chi connectivity index (χ2n) is 4.17. The monoisotopic (exact) mass is 248 g/mol. The summed E-state index contributed by atoms with van der Waals surface area (Å²) in [6.07, 6.45) is 2.80. The normalized spacial score (nSPS) is 18.6. The van der Waals surface area contributed by atoms with Crippen molar-refractivity contribution >= 4 is 17.7 Å². The number of rotatable bonds is 7. The molecule has 1 amide bonds. The first-order valence-corrected chi connectivity index (χ1v) is 6.96. The standard InChI is InChI=1S/C11H24N2O2S/c1-5-7(2)10(12)11(15)13-8(3)9(6-14)16-4/h7-10,14H,5-6,12H2,1-4H3,(H,13,15)/t7-,8?,9?,10-/m0/s1. The molecule has 0 heterocycles. The molecule has 0 aromatic heterocycles. The lowest BCUT2D eigenvalue weighted by molar-refractivity contribution is -0.124. The smallest absolute Gasteiger partial charge is 0.237 e. The summed E-state index contributed by atoms with van der Waals surface area (Å²) in [5.74, 6) is 0.0448. The second-order valence-corrected chi connectivity index (χ2v) is 5.24. The highest BCUT2D eigenvalue weighted by Gasteiger charge is 2.23. The SMILES string of the molecule is CC[C@H](C)[C@H](N)C(=O)NC(C)C(CO)SC. The number of carbonyl (C=O) groups is 1. The van der Waals surface area contributed by atoms with Gasteiger partial charge in [-0.1, -0.05) is 20.3 Å². The molecule has 0 saturated carbocycles. The van der Waals surface area contributed by atoms with E-state index in [1.807, 2.05) is 27.0 Å². The molecule has 2 unspecified atom stereocenters. The van der Waals surface area contributed by atoms with Gasteiger partial charge in [0.1, 0.15) is 0 Å². The van der Waals surface area contributed by atoms with Crippen molar-refractivity contribution < 1.29 is 9.90 Å². The van der Waals surface area contributed by atoms with E-state index in [-0.39, 0.29) is 29.7 Å². The minimum Gasteiger partial charge on any atom is -0.395 e. The van der Waals surface area contributed by atoms with E-state index in [0.29, 0.717) is 0 Å². The summed E-state index contributed by atoms with van der Waals surface area (Å²) in [6.45, 7) is 5.92. The molecule has 0 aliphatic rings. The van der Waals surface area contributed by atoms with Crippen LogP contribution in [0.5, 0.6) is 0 Å². The molecule has 0 bridgehead atoms. The summed E-state index contributed by atoms with van der Waals surface area (Å²) in [5.41, 5.74) is 5.82.